The van der Waals surface area contributed by atoms with Crippen LogP contribution < -0.4 is 16.7 Å². The minimum absolute atomic E-state index is 0.0453. The molecule has 0 radical (unpaired) electrons. The number of aromatic nitrogens is 2. The molecule has 1 atom stereocenters. The quantitative estimate of drug-likeness (QED) is 0.419. The zero-order valence-corrected chi connectivity index (χ0v) is 14.8. The van der Waals surface area contributed by atoms with Gasteiger partial charge in [0.05, 0.1) is 22.7 Å². The van der Waals surface area contributed by atoms with Gasteiger partial charge < -0.3 is 11.2 Å². The SMILES string of the molecule is Nn1c(SCC(=O)NC2CCc3ccccc32)nc2ccccc2c1=O. The van der Waals surface area contributed by atoms with Gasteiger partial charge in [-0.3, -0.25) is 9.59 Å². The maximum absolute atomic E-state index is 12.4. The fraction of sp³-hybridized carbons (Fsp3) is 0.211. The molecule has 1 aromatic heterocycles. The van der Waals surface area contributed by atoms with Gasteiger partial charge in [-0.15, -0.1) is 0 Å². The molecule has 1 amide bonds. The highest BCUT2D eigenvalue weighted by Crippen LogP contribution is 2.30. The number of nitrogens with one attached hydrogen (secondary N) is 1. The van der Waals surface area contributed by atoms with Crippen LogP contribution >= 0.6 is 11.8 Å². The Labute approximate surface area is 154 Å². The summed E-state index contributed by atoms with van der Waals surface area (Å²) in [5.41, 5.74) is 2.73. The number of hydrogen-bond donors (Lipinski definition) is 2. The lowest BCUT2D eigenvalue weighted by Crippen LogP contribution is -2.31. The van der Waals surface area contributed by atoms with E-state index in [1.54, 1.807) is 18.2 Å². The number of nitrogen functional groups attached to an aromatic ring is 1. The summed E-state index contributed by atoms with van der Waals surface area (Å²) in [6.45, 7) is 0. The van der Waals surface area contributed by atoms with Crippen molar-refractivity contribution in [2.24, 2.45) is 0 Å². The number of rotatable bonds is 4. The maximum atomic E-state index is 12.4. The zero-order chi connectivity index (χ0) is 18.1. The predicted molar refractivity (Wildman–Crippen MR) is 103 cm³/mol. The van der Waals surface area contributed by atoms with Crippen LogP contribution in [0.4, 0.5) is 0 Å². The largest absolute Gasteiger partial charge is 0.349 e. The Balaban J connectivity index is 1.46. The lowest BCUT2D eigenvalue weighted by atomic mass is 10.1. The van der Waals surface area contributed by atoms with Crippen molar-refractivity contribution in [2.75, 3.05) is 11.6 Å². The number of nitrogens with two attached hydrogens (primary N) is 1. The Morgan fingerprint density at radius 1 is 1.23 bits per heavy atom. The number of nitrogens with zero attached hydrogens (tertiary/aromatic N) is 2. The molecule has 0 saturated carbocycles. The first-order valence-electron chi connectivity index (χ1n) is 8.40. The molecule has 26 heavy (non-hydrogen) atoms. The van der Waals surface area contributed by atoms with E-state index in [2.05, 4.69) is 22.4 Å². The van der Waals surface area contributed by atoms with Crippen LogP contribution in [-0.2, 0) is 11.2 Å². The van der Waals surface area contributed by atoms with Crippen LogP contribution in [0.5, 0.6) is 0 Å². The molecule has 6 nitrogen and oxygen atoms in total. The van der Waals surface area contributed by atoms with Gasteiger partial charge in [0.2, 0.25) is 5.91 Å². The molecule has 3 aromatic rings. The van der Waals surface area contributed by atoms with E-state index in [0.29, 0.717) is 16.1 Å². The summed E-state index contributed by atoms with van der Waals surface area (Å²) in [5.74, 6) is 5.91. The van der Waals surface area contributed by atoms with Crippen LogP contribution in [0.15, 0.2) is 58.5 Å². The molecule has 0 aliphatic heterocycles. The average molecular weight is 366 g/mol. The third-order valence-corrected chi connectivity index (χ3v) is 5.53. The fourth-order valence-corrected chi connectivity index (χ4v) is 4.03. The van der Waals surface area contributed by atoms with Crippen LogP contribution in [0.2, 0.25) is 0 Å². The van der Waals surface area contributed by atoms with Crippen molar-refractivity contribution < 1.29 is 4.79 Å². The first-order chi connectivity index (χ1) is 12.6. The van der Waals surface area contributed by atoms with Crippen molar-refractivity contribution in [3.05, 3.63) is 70.0 Å². The summed E-state index contributed by atoms with van der Waals surface area (Å²) >= 11 is 1.16. The lowest BCUT2D eigenvalue weighted by Gasteiger charge is -2.14. The Morgan fingerprint density at radius 2 is 2.00 bits per heavy atom. The molecule has 0 bridgehead atoms. The van der Waals surface area contributed by atoms with Crippen molar-refractivity contribution in [1.82, 2.24) is 15.0 Å². The molecule has 1 unspecified atom stereocenters. The number of fused-ring (bicyclic) bond motifs is 2. The minimum atomic E-state index is -0.316. The minimum Gasteiger partial charge on any atom is -0.349 e. The van der Waals surface area contributed by atoms with Crippen LogP contribution in [0.25, 0.3) is 10.9 Å². The highest BCUT2D eigenvalue weighted by atomic mass is 32.2. The van der Waals surface area contributed by atoms with Crippen molar-refractivity contribution >= 4 is 28.6 Å². The second kappa shape index (κ2) is 6.84. The molecule has 1 aliphatic rings. The predicted octanol–water partition coefficient (Wildman–Crippen LogP) is 2.01. The third kappa shape index (κ3) is 3.06. The van der Waals surface area contributed by atoms with Crippen molar-refractivity contribution in [1.29, 1.82) is 0 Å². The number of aryl methyl sites for hydroxylation is 1. The summed E-state index contributed by atoms with van der Waals surface area (Å²) < 4.78 is 1.01. The number of carbonyl (C=O) groups excluding carboxylic acids is 1. The van der Waals surface area contributed by atoms with Gasteiger partial charge in [-0.05, 0) is 36.1 Å². The Kier molecular flexibility index (Phi) is 4.38. The summed E-state index contributed by atoms with van der Waals surface area (Å²) in [4.78, 5) is 29.0. The van der Waals surface area contributed by atoms with Gasteiger partial charge in [-0.2, -0.15) is 0 Å². The molecule has 0 fully saturated rings. The molecule has 4 rings (SSSR count). The fourth-order valence-electron chi connectivity index (χ4n) is 3.30. The normalized spacial score (nSPS) is 15.8. The van der Waals surface area contributed by atoms with Crippen molar-refractivity contribution in [3.8, 4) is 0 Å². The van der Waals surface area contributed by atoms with E-state index in [4.69, 9.17) is 5.84 Å². The highest BCUT2D eigenvalue weighted by Gasteiger charge is 2.23. The molecular weight excluding hydrogens is 348 g/mol. The molecule has 7 heteroatoms. The van der Waals surface area contributed by atoms with Gasteiger partial charge in [-0.25, -0.2) is 9.66 Å². The molecule has 1 heterocycles. The smallest absolute Gasteiger partial charge is 0.280 e. The third-order valence-electron chi connectivity index (χ3n) is 4.58. The van der Waals surface area contributed by atoms with E-state index < -0.39 is 0 Å². The second-order valence-corrected chi connectivity index (χ2v) is 7.18. The molecular formula is C19H18N4O2S. The van der Waals surface area contributed by atoms with Gasteiger partial charge in [0.1, 0.15) is 0 Å². The van der Waals surface area contributed by atoms with Crippen LogP contribution in [0.3, 0.4) is 0 Å². The maximum Gasteiger partial charge on any atom is 0.280 e. The number of para-hydroxylation sites is 1. The molecule has 132 valence electrons. The molecule has 3 N–H and O–H groups in total. The van der Waals surface area contributed by atoms with E-state index in [-0.39, 0.29) is 23.3 Å². The summed E-state index contributed by atoms with van der Waals surface area (Å²) in [6, 6.07) is 15.2. The van der Waals surface area contributed by atoms with E-state index in [1.807, 2.05) is 18.2 Å². The number of thioether (sulfide) groups is 1. The first-order valence-corrected chi connectivity index (χ1v) is 9.39. The lowest BCUT2D eigenvalue weighted by molar-refractivity contribution is -0.119. The van der Waals surface area contributed by atoms with Crippen LogP contribution in [0.1, 0.15) is 23.6 Å². The van der Waals surface area contributed by atoms with E-state index >= 15 is 0 Å². The average Bonchev–Trinajstić information content (AvgIpc) is 3.06. The molecule has 0 saturated heterocycles. The van der Waals surface area contributed by atoms with E-state index in [1.165, 1.54) is 11.1 Å². The number of hydrogen-bond acceptors (Lipinski definition) is 5. The van der Waals surface area contributed by atoms with Crippen LogP contribution in [0, 0.1) is 0 Å². The van der Waals surface area contributed by atoms with Gasteiger partial charge in [0, 0.05) is 0 Å². The second-order valence-electron chi connectivity index (χ2n) is 6.23. The Morgan fingerprint density at radius 3 is 2.88 bits per heavy atom. The molecule has 1 aliphatic carbocycles. The summed E-state index contributed by atoms with van der Waals surface area (Å²) in [6.07, 6.45) is 1.88. The Bertz CT molecular complexity index is 1050. The van der Waals surface area contributed by atoms with Gasteiger partial charge in [0.15, 0.2) is 5.16 Å². The van der Waals surface area contributed by atoms with E-state index in [9.17, 15) is 9.59 Å². The number of amides is 1. The topological polar surface area (TPSA) is 90.0 Å². The van der Waals surface area contributed by atoms with E-state index in [0.717, 1.165) is 29.3 Å². The zero-order valence-electron chi connectivity index (χ0n) is 14.0. The van der Waals surface area contributed by atoms with Gasteiger partial charge in [0.25, 0.3) is 5.56 Å². The van der Waals surface area contributed by atoms with Gasteiger partial charge in [-0.1, -0.05) is 48.2 Å². The monoisotopic (exact) mass is 366 g/mol. The number of carbonyl (C=O) groups is 1. The van der Waals surface area contributed by atoms with Gasteiger partial charge >= 0.3 is 0 Å². The van der Waals surface area contributed by atoms with Crippen molar-refractivity contribution in [3.63, 3.8) is 0 Å². The number of benzene rings is 2. The Hall–Kier alpha value is -2.80. The highest BCUT2D eigenvalue weighted by molar-refractivity contribution is 7.99. The molecule has 0 spiro atoms. The standard InChI is InChI=1S/C19H18N4O2S/c20-23-18(25)14-7-3-4-8-15(14)22-19(23)26-11-17(24)21-16-10-9-12-5-1-2-6-13(12)16/h1-8,16H,9-11,20H2,(H,21,24). The first kappa shape index (κ1) is 16.7. The summed E-state index contributed by atoms with van der Waals surface area (Å²) in [7, 11) is 0. The molecule has 2 aromatic carbocycles. The summed E-state index contributed by atoms with van der Waals surface area (Å²) in [5, 5.41) is 3.85. The van der Waals surface area contributed by atoms with Crippen LogP contribution in [-0.4, -0.2) is 21.3 Å². The van der Waals surface area contributed by atoms with Crippen molar-refractivity contribution in [2.45, 2.75) is 24.0 Å².